The van der Waals surface area contributed by atoms with Crippen molar-refractivity contribution in [2.24, 2.45) is 0 Å². The second-order valence-corrected chi connectivity index (χ2v) is 5.61. The fourth-order valence-corrected chi connectivity index (χ4v) is 2.94. The van der Waals surface area contributed by atoms with Crippen molar-refractivity contribution >= 4 is 0 Å². The Labute approximate surface area is 162 Å². The van der Waals surface area contributed by atoms with Crippen LogP contribution in [0.1, 0.15) is 0 Å². The third-order valence-corrected chi connectivity index (χ3v) is 4.22. The van der Waals surface area contributed by atoms with E-state index >= 15 is 0 Å². The molecule has 0 atom stereocenters. The molecule has 1 aromatic heterocycles. The summed E-state index contributed by atoms with van der Waals surface area (Å²) in [5, 5.41) is 18.3. The summed E-state index contributed by atoms with van der Waals surface area (Å²) in [6, 6.07) is 6.67. The fourth-order valence-electron chi connectivity index (χ4n) is 2.94. The van der Waals surface area contributed by atoms with Gasteiger partial charge in [0.1, 0.15) is 0 Å². The van der Waals surface area contributed by atoms with Crippen molar-refractivity contribution in [1.82, 2.24) is 15.0 Å². The molecule has 0 fully saturated rings. The minimum absolute atomic E-state index is 0.0155. The van der Waals surface area contributed by atoms with Crippen LogP contribution in [0, 0.1) is 0 Å². The predicted octanol–water partition coefficient (Wildman–Crippen LogP) is 2.68. The number of phenols is 1. The molecule has 28 heavy (non-hydrogen) atoms. The van der Waals surface area contributed by atoms with Gasteiger partial charge < -0.3 is 28.8 Å². The molecule has 0 saturated carbocycles. The highest BCUT2D eigenvalue weighted by atomic mass is 16.5. The molecular formula is C19H21N3O6. The van der Waals surface area contributed by atoms with Gasteiger partial charge in [0.2, 0.25) is 11.5 Å². The number of hydrogen-bond acceptors (Lipinski definition) is 8. The molecule has 0 unspecified atom stereocenters. The van der Waals surface area contributed by atoms with Crippen LogP contribution >= 0.6 is 0 Å². The monoisotopic (exact) mass is 387 g/mol. The first kappa shape index (κ1) is 19.2. The molecule has 0 bridgehead atoms. The highest BCUT2D eigenvalue weighted by Crippen LogP contribution is 2.50. The van der Waals surface area contributed by atoms with E-state index in [2.05, 4.69) is 10.3 Å². The van der Waals surface area contributed by atoms with E-state index in [-0.39, 0.29) is 5.75 Å². The molecule has 0 aliphatic heterocycles. The Morgan fingerprint density at radius 1 is 0.786 bits per heavy atom. The molecule has 0 aliphatic rings. The lowest BCUT2D eigenvalue weighted by molar-refractivity contribution is 0.306. The molecule has 0 radical (unpaired) electrons. The van der Waals surface area contributed by atoms with Crippen LogP contribution in [0.3, 0.4) is 0 Å². The van der Waals surface area contributed by atoms with Crippen LogP contribution in [0.2, 0.25) is 0 Å². The van der Waals surface area contributed by atoms with Gasteiger partial charge in [0.15, 0.2) is 23.0 Å². The summed E-state index contributed by atoms with van der Waals surface area (Å²) in [5.74, 6) is 2.02. The van der Waals surface area contributed by atoms with Gasteiger partial charge in [-0.05, 0) is 18.2 Å². The number of methoxy groups -OCH3 is 5. The normalized spacial score (nSPS) is 10.5. The summed E-state index contributed by atoms with van der Waals surface area (Å²) in [4.78, 5) is 0. The molecule has 1 N–H and O–H groups in total. The van der Waals surface area contributed by atoms with Gasteiger partial charge in [0.25, 0.3) is 0 Å². The van der Waals surface area contributed by atoms with E-state index in [1.807, 2.05) is 0 Å². The van der Waals surface area contributed by atoms with Crippen LogP contribution in [0.25, 0.3) is 16.9 Å². The number of phenolic OH excluding ortho intramolecular Hbond substituents is 1. The van der Waals surface area contributed by atoms with Gasteiger partial charge in [-0.25, -0.2) is 4.68 Å². The average Bonchev–Trinajstić information content (AvgIpc) is 3.21. The summed E-state index contributed by atoms with van der Waals surface area (Å²) in [6.45, 7) is 0. The second-order valence-electron chi connectivity index (χ2n) is 5.61. The zero-order valence-corrected chi connectivity index (χ0v) is 16.2. The molecule has 9 nitrogen and oxygen atoms in total. The topological polar surface area (TPSA) is 97.1 Å². The summed E-state index contributed by atoms with van der Waals surface area (Å²) in [5.41, 5.74) is 1.81. The first-order chi connectivity index (χ1) is 13.6. The Bertz CT molecular complexity index is 986. The maximum atomic E-state index is 10.1. The molecule has 0 saturated heterocycles. The van der Waals surface area contributed by atoms with E-state index in [1.165, 1.54) is 41.6 Å². The molecular weight excluding hydrogens is 366 g/mol. The molecule has 2 aromatic carbocycles. The first-order valence-corrected chi connectivity index (χ1v) is 8.24. The van der Waals surface area contributed by atoms with E-state index in [1.54, 1.807) is 29.1 Å². The molecule has 0 spiro atoms. The molecule has 9 heteroatoms. The van der Waals surface area contributed by atoms with Gasteiger partial charge in [-0.15, -0.1) is 5.10 Å². The third kappa shape index (κ3) is 3.11. The molecule has 3 rings (SSSR count). The van der Waals surface area contributed by atoms with Gasteiger partial charge in [-0.2, -0.15) is 0 Å². The van der Waals surface area contributed by atoms with E-state index in [9.17, 15) is 5.11 Å². The Morgan fingerprint density at radius 3 is 2.04 bits per heavy atom. The van der Waals surface area contributed by atoms with Crippen LogP contribution in [0.5, 0.6) is 34.5 Å². The van der Waals surface area contributed by atoms with Crippen molar-refractivity contribution in [3.63, 3.8) is 0 Å². The summed E-state index contributed by atoms with van der Waals surface area (Å²) >= 11 is 0. The highest BCUT2D eigenvalue weighted by molar-refractivity contribution is 5.78. The van der Waals surface area contributed by atoms with Gasteiger partial charge in [-0.3, -0.25) is 0 Å². The van der Waals surface area contributed by atoms with E-state index in [0.29, 0.717) is 45.7 Å². The molecule has 1 heterocycles. The zero-order valence-electron chi connectivity index (χ0n) is 16.2. The zero-order chi connectivity index (χ0) is 20.3. The van der Waals surface area contributed by atoms with Crippen molar-refractivity contribution in [1.29, 1.82) is 0 Å². The summed E-state index contributed by atoms with van der Waals surface area (Å²) in [6.07, 6.45) is 1.57. The maximum Gasteiger partial charge on any atom is 0.207 e. The Balaban J connectivity index is 2.24. The number of ether oxygens (including phenoxy) is 5. The Morgan fingerprint density at radius 2 is 1.46 bits per heavy atom. The summed E-state index contributed by atoms with van der Waals surface area (Å²) in [7, 11) is 7.58. The number of nitrogens with zero attached hydrogens (tertiary/aromatic N) is 3. The van der Waals surface area contributed by atoms with E-state index in [4.69, 9.17) is 23.7 Å². The minimum Gasteiger partial charge on any atom is -0.504 e. The van der Waals surface area contributed by atoms with E-state index < -0.39 is 0 Å². The highest BCUT2D eigenvalue weighted by Gasteiger charge is 2.25. The standard InChI is InChI=1S/C19H21N3O6/c1-24-15-7-6-11(8-14(15)23)22-13(10-20-21-22)12-9-16(25-2)18(27-4)19(28-5)17(12)26-3/h6-10,23H,1-5H3. The third-order valence-electron chi connectivity index (χ3n) is 4.22. The van der Waals surface area contributed by atoms with Crippen molar-refractivity contribution in [3.05, 3.63) is 30.5 Å². The molecule has 0 amide bonds. The number of benzene rings is 2. The van der Waals surface area contributed by atoms with Gasteiger partial charge in [0, 0.05) is 6.07 Å². The Hall–Kier alpha value is -3.62. The smallest absolute Gasteiger partial charge is 0.207 e. The fraction of sp³-hybridized carbons (Fsp3) is 0.263. The van der Waals surface area contributed by atoms with Crippen LogP contribution in [-0.4, -0.2) is 55.6 Å². The predicted molar refractivity (Wildman–Crippen MR) is 101 cm³/mol. The lowest BCUT2D eigenvalue weighted by Gasteiger charge is -2.19. The van der Waals surface area contributed by atoms with Crippen LogP contribution in [0.4, 0.5) is 0 Å². The number of hydrogen-bond donors (Lipinski definition) is 1. The van der Waals surface area contributed by atoms with Gasteiger partial charge in [0.05, 0.1) is 58.7 Å². The number of aromatic hydroxyl groups is 1. The van der Waals surface area contributed by atoms with E-state index in [0.717, 1.165) is 0 Å². The van der Waals surface area contributed by atoms with Gasteiger partial charge in [-0.1, -0.05) is 5.21 Å². The summed E-state index contributed by atoms with van der Waals surface area (Å²) < 4.78 is 28.6. The molecule has 3 aromatic rings. The van der Waals surface area contributed by atoms with Crippen molar-refractivity contribution in [2.75, 3.05) is 35.5 Å². The maximum absolute atomic E-state index is 10.1. The quantitative estimate of drug-likeness (QED) is 0.661. The lowest BCUT2D eigenvalue weighted by Crippen LogP contribution is -2.03. The average molecular weight is 387 g/mol. The minimum atomic E-state index is -0.0155. The Kier molecular flexibility index (Phi) is 5.44. The van der Waals surface area contributed by atoms with Crippen molar-refractivity contribution < 1.29 is 28.8 Å². The molecule has 148 valence electrons. The first-order valence-electron chi connectivity index (χ1n) is 8.24. The van der Waals surface area contributed by atoms with Crippen LogP contribution < -0.4 is 23.7 Å². The van der Waals surface area contributed by atoms with Gasteiger partial charge >= 0.3 is 0 Å². The second kappa shape index (κ2) is 7.95. The molecule has 0 aliphatic carbocycles. The SMILES string of the molecule is COc1ccc(-n2nncc2-c2cc(OC)c(OC)c(OC)c2OC)cc1O. The number of aromatic nitrogens is 3. The van der Waals surface area contributed by atoms with Crippen molar-refractivity contribution in [3.8, 4) is 51.4 Å². The number of rotatable bonds is 7. The van der Waals surface area contributed by atoms with Crippen molar-refractivity contribution in [2.45, 2.75) is 0 Å². The van der Waals surface area contributed by atoms with Crippen LogP contribution in [0.15, 0.2) is 30.5 Å². The lowest BCUT2D eigenvalue weighted by atomic mass is 10.1. The largest absolute Gasteiger partial charge is 0.504 e. The van der Waals surface area contributed by atoms with Crippen LogP contribution in [-0.2, 0) is 0 Å².